The van der Waals surface area contributed by atoms with Crippen LogP contribution in [-0.4, -0.2) is 25.0 Å². The molecular weight excluding hydrogens is 394 g/mol. The fraction of sp³-hybridized carbons (Fsp3) is 0.478. The number of hydrogen-bond acceptors (Lipinski definition) is 5. The fourth-order valence-corrected chi connectivity index (χ4v) is 4.02. The SMILES string of the molecule is Cn1c(=O)n(CC(C)(C)C)c2ccc(N(Cc3ncco3)C(=O)C3CC=CCC3)nc21. The lowest BCUT2D eigenvalue weighted by Gasteiger charge is -2.26. The summed E-state index contributed by atoms with van der Waals surface area (Å²) in [6, 6.07) is 3.68. The van der Waals surface area contributed by atoms with Crippen LogP contribution in [-0.2, 0) is 24.9 Å². The van der Waals surface area contributed by atoms with Crippen LogP contribution in [0.1, 0.15) is 45.9 Å². The van der Waals surface area contributed by atoms with Crippen LogP contribution in [0.4, 0.5) is 5.82 Å². The largest absolute Gasteiger partial charge is 0.447 e. The normalized spacial score (nSPS) is 16.7. The lowest BCUT2D eigenvalue weighted by Crippen LogP contribution is -2.37. The van der Waals surface area contributed by atoms with Gasteiger partial charge in [-0.3, -0.25) is 18.8 Å². The molecule has 0 aliphatic heterocycles. The van der Waals surface area contributed by atoms with Crippen LogP contribution in [0.3, 0.4) is 0 Å². The first-order valence-corrected chi connectivity index (χ1v) is 10.7. The number of aryl methyl sites for hydroxylation is 1. The standard InChI is InChI=1S/C23H29N5O3/c1-23(2,3)15-28-17-10-11-18(25-20(17)26(4)22(28)30)27(14-19-24-12-13-31-19)21(29)16-8-6-5-7-9-16/h5-6,10-13,16H,7-9,14-15H2,1-4H3. The molecule has 0 aromatic carbocycles. The average Bonchev–Trinajstić information content (AvgIpc) is 3.34. The van der Waals surface area contributed by atoms with Crippen molar-refractivity contribution in [2.24, 2.45) is 18.4 Å². The van der Waals surface area contributed by atoms with E-state index in [-0.39, 0.29) is 29.5 Å². The molecule has 0 N–H and O–H groups in total. The van der Waals surface area contributed by atoms with E-state index < -0.39 is 0 Å². The summed E-state index contributed by atoms with van der Waals surface area (Å²) in [5, 5.41) is 0. The van der Waals surface area contributed by atoms with Gasteiger partial charge in [0, 0.05) is 19.5 Å². The number of allylic oxidation sites excluding steroid dienone is 2. The van der Waals surface area contributed by atoms with Crippen LogP contribution in [0, 0.1) is 11.3 Å². The first kappa shape index (κ1) is 21.1. The summed E-state index contributed by atoms with van der Waals surface area (Å²) in [7, 11) is 1.72. The number of hydrogen-bond donors (Lipinski definition) is 0. The Hall–Kier alpha value is -3.16. The van der Waals surface area contributed by atoms with Gasteiger partial charge in [-0.25, -0.2) is 14.8 Å². The summed E-state index contributed by atoms with van der Waals surface area (Å²) in [6.45, 7) is 7.05. The molecule has 3 aromatic heterocycles. The van der Waals surface area contributed by atoms with Crippen LogP contribution in [0.2, 0.25) is 0 Å². The highest BCUT2D eigenvalue weighted by atomic mass is 16.3. The third-order valence-corrected chi connectivity index (χ3v) is 5.54. The molecule has 3 heterocycles. The van der Waals surface area contributed by atoms with E-state index in [2.05, 4.69) is 37.9 Å². The predicted octanol–water partition coefficient (Wildman–Crippen LogP) is 3.66. The van der Waals surface area contributed by atoms with Crippen molar-refractivity contribution >= 4 is 22.9 Å². The molecule has 8 heteroatoms. The second-order valence-electron chi connectivity index (χ2n) is 9.33. The van der Waals surface area contributed by atoms with Crippen LogP contribution in [0.15, 0.2) is 46.0 Å². The van der Waals surface area contributed by atoms with Gasteiger partial charge in [-0.15, -0.1) is 0 Å². The van der Waals surface area contributed by atoms with Gasteiger partial charge in [0.25, 0.3) is 0 Å². The van der Waals surface area contributed by atoms with Crippen molar-refractivity contribution in [2.75, 3.05) is 4.90 Å². The first-order chi connectivity index (χ1) is 14.7. The Balaban J connectivity index is 1.76. The molecule has 0 radical (unpaired) electrons. The van der Waals surface area contributed by atoms with Gasteiger partial charge in [0.15, 0.2) is 5.65 Å². The zero-order valence-corrected chi connectivity index (χ0v) is 18.5. The highest BCUT2D eigenvalue weighted by molar-refractivity contribution is 5.95. The van der Waals surface area contributed by atoms with E-state index in [1.807, 2.05) is 6.07 Å². The molecule has 3 aromatic rings. The van der Waals surface area contributed by atoms with Gasteiger partial charge in [0.1, 0.15) is 18.6 Å². The van der Waals surface area contributed by atoms with E-state index in [0.29, 0.717) is 30.3 Å². The summed E-state index contributed by atoms with van der Waals surface area (Å²) >= 11 is 0. The molecule has 1 amide bonds. The molecule has 31 heavy (non-hydrogen) atoms. The number of rotatable bonds is 5. The van der Waals surface area contributed by atoms with E-state index in [0.717, 1.165) is 18.4 Å². The maximum Gasteiger partial charge on any atom is 0.330 e. The molecule has 164 valence electrons. The van der Waals surface area contributed by atoms with Crippen molar-refractivity contribution in [1.82, 2.24) is 19.1 Å². The second kappa shape index (κ2) is 8.17. The molecular formula is C23H29N5O3. The van der Waals surface area contributed by atoms with E-state index in [1.165, 1.54) is 6.26 Å². The van der Waals surface area contributed by atoms with Gasteiger partial charge in [-0.05, 0) is 36.8 Å². The predicted molar refractivity (Wildman–Crippen MR) is 119 cm³/mol. The smallest absolute Gasteiger partial charge is 0.330 e. The van der Waals surface area contributed by atoms with Crippen molar-refractivity contribution in [3.05, 3.63) is 53.1 Å². The van der Waals surface area contributed by atoms with Gasteiger partial charge < -0.3 is 4.42 Å². The van der Waals surface area contributed by atoms with Crippen LogP contribution in [0.5, 0.6) is 0 Å². The molecule has 1 unspecified atom stereocenters. The monoisotopic (exact) mass is 423 g/mol. The lowest BCUT2D eigenvalue weighted by atomic mass is 9.93. The zero-order valence-electron chi connectivity index (χ0n) is 18.5. The molecule has 1 aliphatic rings. The number of pyridine rings is 1. The van der Waals surface area contributed by atoms with Crippen LogP contribution in [0.25, 0.3) is 11.2 Å². The summed E-state index contributed by atoms with van der Waals surface area (Å²) in [5.41, 5.74) is 1.14. The number of fused-ring (bicyclic) bond motifs is 1. The number of amides is 1. The second-order valence-corrected chi connectivity index (χ2v) is 9.33. The Bertz CT molecular complexity index is 1160. The third kappa shape index (κ3) is 4.33. The molecule has 0 spiro atoms. The Morgan fingerprint density at radius 3 is 2.74 bits per heavy atom. The van der Waals surface area contributed by atoms with Gasteiger partial charge >= 0.3 is 5.69 Å². The average molecular weight is 424 g/mol. The van der Waals surface area contributed by atoms with E-state index >= 15 is 0 Å². The highest BCUT2D eigenvalue weighted by Gasteiger charge is 2.28. The lowest BCUT2D eigenvalue weighted by molar-refractivity contribution is -0.122. The van der Waals surface area contributed by atoms with Crippen molar-refractivity contribution in [3.63, 3.8) is 0 Å². The molecule has 0 saturated heterocycles. The number of imidazole rings is 1. The molecule has 1 atom stereocenters. The van der Waals surface area contributed by atoms with Gasteiger partial charge in [-0.1, -0.05) is 32.9 Å². The van der Waals surface area contributed by atoms with Gasteiger partial charge in [0.2, 0.25) is 11.8 Å². The van der Waals surface area contributed by atoms with Crippen LogP contribution < -0.4 is 10.6 Å². The molecule has 4 rings (SSSR count). The van der Waals surface area contributed by atoms with Crippen molar-refractivity contribution in [3.8, 4) is 0 Å². The molecule has 0 bridgehead atoms. The summed E-state index contributed by atoms with van der Waals surface area (Å²) in [5.74, 6) is 0.829. The summed E-state index contributed by atoms with van der Waals surface area (Å²) in [6.07, 6.45) is 9.63. The number of nitrogens with zero attached hydrogens (tertiary/aromatic N) is 5. The Kier molecular flexibility index (Phi) is 5.56. The number of aromatic nitrogens is 4. The van der Waals surface area contributed by atoms with Crippen molar-refractivity contribution in [2.45, 2.75) is 53.1 Å². The summed E-state index contributed by atoms with van der Waals surface area (Å²) in [4.78, 5) is 36.8. The van der Waals surface area contributed by atoms with Crippen molar-refractivity contribution < 1.29 is 9.21 Å². The minimum Gasteiger partial charge on any atom is -0.447 e. The van der Waals surface area contributed by atoms with E-state index in [1.54, 1.807) is 33.3 Å². The maximum absolute atomic E-state index is 13.4. The molecule has 1 aliphatic carbocycles. The first-order valence-electron chi connectivity index (χ1n) is 10.7. The Labute approximate surface area is 181 Å². The fourth-order valence-electron chi connectivity index (χ4n) is 4.02. The number of anilines is 1. The molecule has 0 saturated carbocycles. The van der Waals surface area contributed by atoms with Crippen LogP contribution >= 0.6 is 0 Å². The number of oxazole rings is 1. The number of carbonyl (C=O) groups excluding carboxylic acids is 1. The third-order valence-electron chi connectivity index (χ3n) is 5.54. The van der Waals surface area contributed by atoms with Crippen molar-refractivity contribution in [1.29, 1.82) is 0 Å². The van der Waals surface area contributed by atoms with Gasteiger partial charge in [0.05, 0.1) is 11.7 Å². The number of carbonyl (C=O) groups is 1. The quantitative estimate of drug-likeness (QED) is 0.585. The minimum atomic E-state index is -0.113. The summed E-state index contributed by atoms with van der Waals surface area (Å²) < 4.78 is 8.70. The topological polar surface area (TPSA) is 86.2 Å². The van der Waals surface area contributed by atoms with E-state index in [4.69, 9.17) is 9.40 Å². The zero-order chi connectivity index (χ0) is 22.2. The Morgan fingerprint density at radius 1 is 1.29 bits per heavy atom. The molecule has 8 nitrogen and oxygen atoms in total. The Morgan fingerprint density at radius 2 is 2.10 bits per heavy atom. The highest BCUT2D eigenvalue weighted by Crippen LogP contribution is 2.27. The molecule has 0 fully saturated rings. The van der Waals surface area contributed by atoms with Gasteiger partial charge in [-0.2, -0.15) is 0 Å². The minimum absolute atomic E-state index is 0.00600. The maximum atomic E-state index is 13.4. The van der Waals surface area contributed by atoms with E-state index in [9.17, 15) is 9.59 Å².